The molecule has 0 saturated carbocycles. The van der Waals surface area contributed by atoms with Crippen molar-refractivity contribution in [2.24, 2.45) is 0 Å². The molecule has 1 N–H and O–H groups in total. The molecular weight excluding hydrogens is 412 g/mol. The Balaban J connectivity index is 1.99. The van der Waals surface area contributed by atoms with Gasteiger partial charge in [-0.1, -0.05) is 104 Å². The van der Waals surface area contributed by atoms with Crippen LogP contribution in [0.15, 0.2) is 42.5 Å². The summed E-state index contributed by atoms with van der Waals surface area (Å²) in [6.45, 7) is 9.04. The third kappa shape index (κ3) is 9.11. The number of carboxylic acids is 1. The van der Waals surface area contributed by atoms with Gasteiger partial charge in [-0.15, -0.1) is 0 Å². The lowest BCUT2D eigenvalue weighted by molar-refractivity contribution is 0.0693. The van der Waals surface area contributed by atoms with Gasteiger partial charge < -0.3 is 14.6 Å². The Labute approximate surface area is 200 Å². The molecule has 0 amide bonds. The highest BCUT2D eigenvalue weighted by Gasteiger charge is 2.29. The van der Waals surface area contributed by atoms with Gasteiger partial charge in [0.05, 0.1) is 6.61 Å². The van der Waals surface area contributed by atoms with Gasteiger partial charge in [0.25, 0.3) is 0 Å². The Morgan fingerprint density at radius 2 is 1.39 bits per heavy atom. The molecule has 2 aromatic rings. The first kappa shape index (κ1) is 26.8. The summed E-state index contributed by atoms with van der Waals surface area (Å²) in [6, 6.07) is 12.7. The average Bonchev–Trinajstić information content (AvgIpc) is 2.77. The molecule has 0 fully saturated rings. The van der Waals surface area contributed by atoms with Gasteiger partial charge in [0.2, 0.25) is 0 Å². The maximum absolute atomic E-state index is 11.9. The van der Waals surface area contributed by atoms with Crippen molar-refractivity contribution < 1.29 is 19.4 Å². The third-order valence-corrected chi connectivity index (χ3v) is 5.82. The molecule has 0 unspecified atom stereocenters. The molecule has 2 rings (SSSR count). The van der Waals surface area contributed by atoms with Crippen molar-refractivity contribution >= 4 is 5.97 Å². The molecule has 4 heteroatoms. The van der Waals surface area contributed by atoms with E-state index in [1.54, 1.807) is 12.1 Å². The van der Waals surface area contributed by atoms with Crippen LogP contribution in [0.5, 0.6) is 17.2 Å². The van der Waals surface area contributed by atoms with Crippen LogP contribution in [0, 0.1) is 0 Å². The topological polar surface area (TPSA) is 55.8 Å². The van der Waals surface area contributed by atoms with Crippen LogP contribution >= 0.6 is 0 Å². The summed E-state index contributed by atoms with van der Waals surface area (Å²) in [5.74, 6) is 0.668. The molecule has 0 atom stereocenters. The Kier molecular flexibility index (Phi) is 11.3. The summed E-state index contributed by atoms with van der Waals surface area (Å²) in [6.07, 6.45) is 12.8. The number of hydrogen-bond donors (Lipinski definition) is 1. The van der Waals surface area contributed by atoms with E-state index in [-0.39, 0.29) is 11.0 Å². The van der Waals surface area contributed by atoms with Gasteiger partial charge >= 0.3 is 5.97 Å². The Bertz CT molecular complexity index is 837. The van der Waals surface area contributed by atoms with E-state index in [1.165, 1.54) is 51.4 Å². The average molecular weight is 455 g/mol. The predicted molar refractivity (Wildman–Crippen MR) is 136 cm³/mol. The number of carbonyl (C=O) groups is 1. The van der Waals surface area contributed by atoms with Crippen molar-refractivity contribution in [2.45, 2.75) is 97.3 Å². The highest BCUT2D eigenvalue weighted by molar-refractivity contribution is 5.92. The van der Waals surface area contributed by atoms with Gasteiger partial charge in [-0.25, -0.2) is 4.79 Å². The highest BCUT2D eigenvalue weighted by atomic mass is 16.5. The predicted octanol–water partition coefficient (Wildman–Crippen LogP) is 8.77. The second kappa shape index (κ2) is 13.9. The number of rotatable bonds is 15. The second-order valence-electron chi connectivity index (χ2n) is 9.82. The molecule has 0 radical (unpaired) electrons. The van der Waals surface area contributed by atoms with E-state index >= 15 is 0 Å². The SMILES string of the molecule is CCCCCCCCCCCCOc1ccc(C(=O)O)c(Oc2ccccc2)c1C(C)(C)C. The zero-order chi connectivity index (χ0) is 24.1. The normalized spacial score (nSPS) is 11.4. The Morgan fingerprint density at radius 1 is 0.818 bits per heavy atom. The highest BCUT2D eigenvalue weighted by Crippen LogP contribution is 2.43. The van der Waals surface area contributed by atoms with Crippen LogP contribution in [0.4, 0.5) is 0 Å². The number of carboxylic acid groups (broad SMARTS) is 1. The largest absolute Gasteiger partial charge is 0.493 e. The van der Waals surface area contributed by atoms with Crippen molar-refractivity contribution in [3.8, 4) is 17.2 Å². The summed E-state index contributed by atoms with van der Waals surface area (Å²) in [5.41, 5.74) is 0.594. The lowest BCUT2D eigenvalue weighted by atomic mass is 9.84. The quantitative estimate of drug-likeness (QED) is 0.273. The van der Waals surface area contributed by atoms with E-state index in [1.807, 2.05) is 30.3 Å². The van der Waals surface area contributed by atoms with E-state index in [0.29, 0.717) is 23.9 Å². The maximum Gasteiger partial charge on any atom is 0.339 e. The van der Waals surface area contributed by atoms with E-state index in [4.69, 9.17) is 9.47 Å². The number of unbranched alkanes of at least 4 members (excludes halogenated alkanes) is 9. The van der Waals surface area contributed by atoms with E-state index in [9.17, 15) is 9.90 Å². The lowest BCUT2D eigenvalue weighted by Gasteiger charge is -2.27. The Morgan fingerprint density at radius 3 is 1.94 bits per heavy atom. The summed E-state index contributed by atoms with van der Waals surface area (Å²) in [7, 11) is 0. The van der Waals surface area contributed by atoms with Crippen molar-refractivity contribution in [3.05, 3.63) is 53.6 Å². The third-order valence-electron chi connectivity index (χ3n) is 5.82. The standard InChI is InChI=1S/C29H42O4/c1-5-6-7-8-9-10-11-12-13-17-22-32-25-21-20-24(28(30)31)27(26(25)29(2,3)4)33-23-18-15-14-16-19-23/h14-16,18-21H,5-13,17,22H2,1-4H3,(H,30,31). The van der Waals surface area contributed by atoms with Crippen molar-refractivity contribution in [3.63, 3.8) is 0 Å². The zero-order valence-corrected chi connectivity index (χ0v) is 21.0. The van der Waals surface area contributed by atoms with Crippen LogP contribution in [0.3, 0.4) is 0 Å². The first-order valence-corrected chi connectivity index (χ1v) is 12.6. The van der Waals surface area contributed by atoms with Gasteiger partial charge in [0, 0.05) is 5.56 Å². The van der Waals surface area contributed by atoms with Crippen molar-refractivity contribution in [1.29, 1.82) is 0 Å². The molecule has 182 valence electrons. The van der Waals surface area contributed by atoms with Crippen LogP contribution in [0.2, 0.25) is 0 Å². The van der Waals surface area contributed by atoms with Crippen LogP contribution in [0.1, 0.15) is 108 Å². The molecule has 2 aromatic carbocycles. The molecule has 4 nitrogen and oxygen atoms in total. The second-order valence-corrected chi connectivity index (χ2v) is 9.82. The number of ether oxygens (including phenoxy) is 2. The fourth-order valence-electron chi connectivity index (χ4n) is 4.05. The summed E-state index contributed by atoms with van der Waals surface area (Å²) in [4.78, 5) is 11.9. The van der Waals surface area contributed by atoms with Gasteiger partial charge in [0.15, 0.2) is 0 Å². The lowest BCUT2D eigenvalue weighted by Crippen LogP contribution is -2.17. The van der Waals surface area contributed by atoms with Crippen molar-refractivity contribution in [2.75, 3.05) is 6.61 Å². The van der Waals surface area contributed by atoms with Crippen LogP contribution in [-0.2, 0) is 5.41 Å². The minimum absolute atomic E-state index is 0.148. The molecular formula is C29H42O4. The summed E-state index contributed by atoms with van der Waals surface area (Å²) < 4.78 is 12.3. The first-order chi connectivity index (χ1) is 15.8. The Hall–Kier alpha value is -2.49. The molecule has 0 spiro atoms. The summed E-state index contributed by atoms with van der Waals surface area (Å²) in [5, 5.41) is 9.78. The van der Waals surface area contributed by atoms with Gasteiger partial charge in [-0.3, -0.25) is 0 Å². The van der Waals surface area contributed by atoms with Gasteiger partial charge in [0.1, 0.15) is 22.8 Å². The van der Waals surface area contributed by atoms with E-state index in [2.05, 4.69) is 27.7 Å². The molecule has 0 heterocycles. The first-order valence-electron chi connectivity index (χ1n) is 12.6. The monoisotopic (exact) mass is 454 g/mol. The van der Waals surface area contributed by atoms with E-state index < -0.39 is 5.97 Å². The van der Waals surface area contributed by atoms with Crippen LogP contribution in [-0.4, -0.2) is 17.7 Å². The smallest absolute Gasteiger partial charge is 0.339 e. The maximum atomic E-state index is 11.9. The summed E-state index contributed by atoms with van der Waals surface area (Å²) >= 11 is 0. The van der Waals surface area contributed by atoms with Gasteiger partial charge in [-0.2, -0.15) is 0 Å². The van der Waals surface area contributed by atoms with E-state index in [0.717, 1.165) is 18.4 Å². The van der Waals surface area contributed by atoms with Gasteiger partial charge in [-0.05, 0) is 36.1 Å². The molecule has 0 aliphatic heterocycles. The zero-order valence-electron chi connectivity index (χ0n) is 21.0. The fraction of sp³-hybridized carbons (Fsp3) is 0.552. The minimum Gasteiger partial charge on any atom is -0.493 e. The number of aromatic carboxylic acids is 1. The van der Waals surface area contributed by atoms with Crippen molar-refractivity contribution in [1.82, 2.24) is 0 Å². The molecule has 0 bridgehead atoms. The van der Waals surface area contributed by atoms with Crippen LogP contribution in [0.25, 0.3) is 0 Å². The molecule has 33 heavy (non-hydrogen) atoms. The fourth-order valence-corrected chi connectivity index (χ4v) is 4.05. The molecule has 0 aliphatic carbocycles. The molecule has 0 aromatic heterocycles. The minimum atomic E-state index is -1.01. The number of benzene rings is 2. The van der Waals surface area contributed by atoms with Crippen LogP contribution < -0.4 is 9.47 Å². The molecule has 0 saturated heterocycles. The number of hydrogen-bond acceptors (Lipinski definition) is 3. The molecule has 0 aliphatic rings. The number of para-hydroxylation sites is 1.